The standard InChI is InChI=1S/C19H20ClN3O3/c1-2-21-18(25)14-7-5-6-13(10-14)11-22-17(24)12-23-19(26)15-8-3-4-9-16(15)20/h3-10H,2,11-12H2,1H3,(H,21,25)(H,22,24)(H,23,26). The highest BCUT2D eigenvalue weighted by Crippen LogP contribution is 2.14. The highest BCUT2D eigenvalue weighted by atomic mass is 35.5. The Kier molecular flexibility index (Phi) is 7.17. The quantitative estimate of drug-likeness (QED) is 0.694. The van der Waals surface area contributed by atoms with Gasteiger partial charge in [0.15, 0.2) is 0 Å². The first-order valence-corrected chi connectivity index (χ1v) is 8.55. The van der Waals surface area contributed by atoms with Gasteiger partial charge in [-0.3, -0.25) is 14.4 Å². The summed E-state index contributed by atoms with van der Waals surface area (Å²) in [6.45, 7) is 2.48. The smallest absolute Gasteiger partial charge is 0.253 e. The van der Waals surface area contributed by atoms with E-state index in [9.17, 15) is 14.4 Å². The number of nitrogens with one attached hydrogen (secondary N) is 3. The third-order valence-corrected chi connectivity index (χ3v) is 3.87. The maximum absolute atomic E-state index is 12.0. The zero-order chi connectivity index (χ0) is 18.9. The lowest BCUT2D eigenvalue weighted by atomic mass is 10.1. The van der Waals surface area contributed by atoms with Gasteiger partial charge in [0.05, 0.1) is 17.1 Å². The molecular weight excluding hydrogens is 354 g/mol. The first-order chi connectivity index (χ1) is 12.5. The van der Waals surface area contributed by atoms with E-state index >= 15 is 0 Å². The molecular formula is C19H20ClN3O3. The predicted molar refractivity (Wildman–Crippen MR) is 100 cm³/mol. The van der Waals surface area contributed by atoms with E-state index in [1.807, 2.05) is 13.0 Å². The lowest BCUT2D eigenvalue weighted by Gasteiger charge is -2.09. The molecule has 0 aliphatic heterocycles. The first-order valence-electron chi connectivity index (χ1n) is 8.17. The Morgan fingerprint density at radius 1 is 0.923 bits per heavy atom. The fraction of sp³-hybridized carbons (Fsp3) is 0.211. The molecule has 136 valence electrons. The lowest BCUT2D eigenvalue weighted by Crippen LogP contribution is -2.36. The Hall–Kier alpha value is -2.86. The second-order valence-electron chi connectivity index (χ2n) is 5.50. The van der Waals surface area contributed by atoms with Crippen molar-refractivity contribution in [1.82, 2.24) is 16.0 Å². The average Bonchev–Trinajstić information content (AvgIpc) is 2.65. The van der Waals surface area contributed by atoms with Crippen LogP contribution in [0.4, 0.5) is 0 Å². The molecule has 0 aliphatic rings. The molecule has 0 aliphatic carbocycles. The molecule has 0 spiro atoms. The Bertz CT molecular complexity index is 808. The van der Waals surface area contributed by atoms with E-state index < -0.39 is 5.91 Å². The average molecular weight is 374 g/mol. The number of carbonyl (C=O) groups is 3. The van der Waals surface area contributed by atoms with E-state index in [0.29, 0.717) is 22.7 Å². The van der Waals surface area contributed by atoms with Gasteiger partial charge in [0.2, 0.25) is 5.91 Å². The van der Waals surface area contributed by atoms with Crippen molar-refractivity contribution in [3.05, 3.63) is 70.2 Å². The largest absolute Gasteiger partial charge is 0.352 e. The molecule has 2 aromatic carbocycles. The summed E-state index contributed by atoms with van der Waals surface area (Å²) in [6.07, 6.45) is 0. The molecule has 0 radical (unpaired) electrons. The zero-order valence-electron chi connectivity index (χ0n) is 14.3. The third-order valence-electron chi connectivity index (χ3n) is 3.54. The fourth-order valence-corrected chi connectivity index (χ4v) is 2.47. The van der Waals surface area contributed by atoms with Gasteiger partial charge in [-0.1, -0.05) is 35.9 Å². The van der Waals surface area contributed by atoms with Gasteiger partial charge in [-0.05, 0) is 36.8 Å². The molecule has 0 fully saturated rings. The van der Waals surface area contributed by atoms with Gasteiger partial charge in [0.25, 0.3) is 11.8 Å². The molecule has 26 heavy (non-hydrogen) atoms. The molecule has 0 bridgehead atoms. The second-order valence-corrected chi connectivity index (χ2v) is 5.91. The Balaban J connectivity index is 1.84. The van der Waals surface area contributed by atoms with Crippen LogP contribution in [0.2, 0.25) is 5.02 Å². The van der Waals surface area contributed by atoms with Crippen molar-refractivity contribution in [2.45, 2.75) is 13.5 Å². The van der Waals surface area contributed by atoms with E-state index in [1.165, 1.54) is 0 Å². The van der Waals surface area contributed by atoms with Crippen LogP contribution in [0.3, 0.4) is 0 Å². The van der Waals surface area contributed by atoms with Crippen molar-refractivity contribution in [1.29, 1.82) is 0 Å². The second kappa shape index (κ2) is 9.58. The molecule has 6 nitrogen and oxygen atoms in total. The monoisotopic (exact) mass is 373 g/mol. The summed E-state index contributed by atoms with van der Waals surface area (Å²) < 4.78 is 0. The van der Waals surface area contributed by atoms with Crippen LogP contribution in [0.5, 0.6) is 0 Å². The summed E-state index contributed by atoms with van der Waals surface area (Å²) in [5.41, 5.74) is 1.64. The number of amides is 3. The molecule has 0 heterocycles. The first kappa shape index (κ1) is 19.5. The summed E-state index contributed by atoms with van der Waals surface area (Å²) in [5, 5.41) is 8.27. The van der Waals surface area contributed by atoms with Gasteiger partial charge in [-0.25, -0.2) is 0 Å². The van der Waals surface area contributed by atoms with Crippen LogP contribution in [0, 0.1) is 0 Å². The van der Waals surface area contributed by atoms with Gasteiger partial charge in [-0.15, -0.1) is 0 Å². The Labute approximate surface area is 156 Å². The van der Waals surface area contributed by atoms with E-state index in [1.54, 1.807) is 42.5 Å². The van der Waals surface area contributed by atoms with Crippen molar-refractivity contribution in [2.75, 3.05) is 13.1 Å². The number of hydrogen-bond donors (Lipinski definition) is 3. The molecule has 7 heteroatoms. The van der Waals surface area contributed by atoms with Crippen LogP contribution in [0.25, 0.3) is 0 Å². The van der Waals surface area contributed by atoms with E-state index in [4.69, 9.17) is 11.6 Å². The molecule has 0 unspecified atom stereocenters. The zero-order valence-corrected chi connectivity index (χ0v) is 15.1. The summed E-state index contributed by atoms with van der Waals surface area (Å²) in [6, 6.07) is 13.6. The molecule has 0 aromatic heterocycles. The van der Waals surface area contributed by atoms with Crippen molar-refractivity contribution < 1.29 is 14.4 Å². The van der Waals surface area contributed by atoms with Crippen LogP contribution >= 0.6 is 11.6 Å². The van der Waals surface area contributed by atoms with Crippen LogP contribution in [0.1, 0.15) is 33.2 Å². The van der Waals surface area contributed by atoms with E-state index in [2.05, 4.69) is 16.0 Å². The van der Waals surface area contributed by atoms with Crippen LogP contribution in [-0.4, -0.2) is 30.8 Å². The number of benzene rings is 2. The maximum Gasteiger partial charge on any atom is 0.253 e. The normalized spacial score (nSPS) is 10.1. The molecule has 3 N–H and O–H groups in total. The molecule has 0 atom stereocenters. The molecule has 2 aromatic rings. The SMILES string of the molecule is CCNC(=O)c1cccc(CNC(=O)CNC(=O)c2ccccc2Cl)c1. The van der Waals surface area contributed by atoms with E-state index in [-0.39, 0.29) is 24.9 Å². The molecule has 3 amide bonds. The fourth-order valence-electron chi connectivity index (χ4n) is 2.25. The van der Waals surface area contributed by atoms with Gasteiger partial charge < -0.3 is 16.0 Å². The van der Waals surface area contributed by atoms with Gasteiger partial charge in [0.1, 0.15) is 0 Å². The predicted octanol–water partition coefficient (Wildman–Crippen LogP) is 2.14. The highest BCUT2D eigenvalue weighted by molar-refractivity contribution is 6.33. The summed E-state index contributed by atoms with van der Waals surface area (Å²) >= 11 is 5.94. The summed E-state index contributed by atoms with van der Waals surface area (Å²) in [4.78, 5) is 35.7. The lowest BCUT2D eigenvalue weighted by molar-refractivity contribution is -0.120. The van der Waals surface area contributed by atoms with Gasteiger partial charge in [-0.2, -0.15) is 0 Å². The van der Waals surface area contributed by atoms with Crippen LogP contribution < -0.4 is 16.0 Å². The minimum atomic E-state index is -0.413. The number of hydrogen-bond acceptors (Lipinski definition) is 3. The van der Waals surface area contributed by atoms with E-state index in [0.717, 1.165) is 5.56 Å². The molecule has 2 rings (SSSR count). The minimum absolute atomic E-state index is 0.160. The summed E-state index contributed by atoms with van der Waals surface area (Å²) in [7, 11) is 0. The topological polar surface area (TPSA) is 87.3 Å². The summed E-state index contributed by atoms with van der Waals surface area (Å²) in [5.74, 6) is -0.912. The van der Waals surface area contributed by atoms with Gasteiger partial charge in [0, 0.05) is 18.7 Å². The Morgan fingerprint density at radius 3 is 2.42 bits per heavy atom. The third kappa shape index (κ3) is 5.60. The van der Waals surface area contributed by atoms with Crippen molar-refractivity contribution >= 4 is 29.3 Å². The van der Waals surface area contributed by atoms with Crippen LogP contribution in [0.15, 0.2) is 48.5 Å². The maximum atomic E-state index is 12.0. The number of halogens is 1. The van der Waals surface area contributed by atoms with Crippen molar-refractivity contribution in [3.63, 3.8) is 0 Å². The van der Waals surface area contributed by atoms with Crippen LogP contribution in [-0.2, 0) is 11.3 Å². The Morgan fingerprint density at radius 2 is 1.69 bits per heavy atom. The minimum Gasteiger partial charge on any atom is -0.352 e. The molecule has 0 saturated heterocycles. The van der Waals surface area contributed by atoms with Crippen molar-refractivity contribution in [2.24, 2.45) is 0 Å². The number of rotatable bonds is 7. The molecule has 0 saturated carbocycles. The van der Waals surface area contributed by atoms with Gasteiger partial charge >= 0.3 is 0 Å². The number of carbonyl (C=O) groups excluding carboxylic acids is 3. The van der Waals surface area contributed by atoms with Crippen molar-refractivity contribution in [3.8, 4) is 0 Å². The highest BCUT2D eigenvalue weighted by Gasteiger charge is 2.11.